The van der Waals surface area contributed by atoms with Crippen LogP contribution in [0.25, 0.3) is 0 Å². The summed E-state index contributed by atoms with van der Waals surface area (Å²) < 4.78 is 0. The van der Waals surface area contributed by atoms with Crippen molar-refractivity contribution in [1.29, 1.82) is 0 Å². The topological polar surface area (TPSA) is 23.5 Å². The summed E-state index contributed by atoms with van der Waals surface area (Å²) >= 11 is 0. The van der Waals surface area contributed by atoms with E-state index in [1.807, 2.05) is 0 Å². The molecule has 1 rings (SSSR count). The Labute approximate surface area is 81.9 Å². The molecule has 2 nitrogen and oxygen atoms in total. The SMILES string of the molecule is CCCCCCN1CCC(O)CC1. The zero-order valence-electron chi connectivity index (χ0n) is 8.84. The van der Waals surface area contributed by atoms with Crippen molar-refractivity contribution >= 4 is 0 Å². The molecule has 0 aromatic rings. The van der Waals surface area contributed by atoms with Gasteiger partial charge in [-0.05, 0) is 25.8 Å². The van der Waals surface area contributed by atoms with Gasteiger partial charge in [-0.1, -0.05) is 26.2 Å². The van der Waals surface area contributed by atoms with Crippen LogP contribution < -0.4 is 0 Å². The quantitative estimate of drug-likeness (QED) is 0.662. The standard InChI is InChI=1S/C11H23NO/c1-2-3-4-5-8-12-9-6-11(13)7-10-12/h11,13H,2-10H2,1H3. The lowest BCUT2D eigenvalue weighted by molar-refractivity contribution is 0.0818. The average Bonchev–Trinajstić information content (AvgIpc) is 2.15. The van der Waals surface area contributed by atoms with E-state index in [0.717, 1.165) is 25.9 Å². The molecule has 2 heteroatoms. The summed E-state index contributed by atoms with van der Waals surface area (Å²) in [5.41, 5.74) is 0. The highest BCUT2D eigenvalue weighted by atomic mass is 16.3. The van der Waals surface area contributed by atoms with Crippen LogP contribution in [0.15, 0.2) is 0 Å². The van der Waals surface area contributed by atoms with Gasteiger partial charge < -0.3 is 10.0 Å². The molecular weight excluding hydrogens is 162 g/mol. The Bertz CT molecular complexity index is 119. The minimum Gasteiger partial charge on any atom is -0.393 e. The van der Waals surface area contributed by atoms with Crippen molar-refractivity contribution in [2.24, 2.45) is 0 Å². The Morgan fingerprint density at radius 2 is 1.85 bits per heavy atom. The van der Waals surface area contributed by atoms with Crippen LogP contribution >= 0.6 is 0 Å². The number of hydrogen-bond acceptors (Lipinski definition) is 2. The second-order valence-corrected chi connectivity index (χ2v) is 4.13. The summed E-state index contributed by atoms with van der Waals surface area (Å²) in [5, 5.41) is 9.31. The van der Waals surface area contributed by atoms with Crippen LogP contribution in [0.2, 0.25) is 0 Å². The number of unbranched alkanes of at least 4 members (excludes halogenated alkanes) is 3. The van der Waals surface area contributed by atoms with Crippen LogP contribution in [-0.4, -0.2) is 35.7 Å². The fourth-order valence-electron chi connectivity index (χ4n) is 1.91. The Balaban J connectivity index is 1.96. The molecule has 78 valence electrons. The molecule has 0 bridgehead atoms. The maximum atomic E-state index is 9.31. The first-order valence-electron chi connectivity index (χ1n) is 5.73. The summed E-state index contributed by atoms with van der Waals surface area (Å²) in [7, 11) is 0. The van der Waals surface area contributed by atoms with E-state index in [1.165, 1.54) is 32.2 Å². The van der Waals surface area contributed by atoms with Gasteiger partial charge in [0.15, 0.2) is 0 Å². The van der Waals surface area contributed by atoms with E-state index in [4.69, 9.17) is 0 Å². The van der Waals surface area contributed by atoms with Crippen LogP contribution in [0.1, 0.15) is 45.4 Å². The number of hydrogen-bond donors (Lipinski definition) is 1. The molecule has 1 fully saturated rings. The van der Waals surface area contributed by atoms with E-state index >= 15 is 0 Å². The van der Waals surface area contributed by atoms with Crippen molar-refractivity contribution in [1.82, 2.24) is 4.90 Å². The number of aliphatic hydroxyl groups excluding tert-OH is 1. The van der Waals surface area contributed by atoms with Crippen molar-refractivity contribution in [2.75, 3.05) is 19.6 Å². The van der Waals surface area contributed by atoms with Gasteiger partial charge in [0.05, 0.1) is 6.10 Å². The van der Waals surface area contributed by atoms with Crippen molar-refractivity contribution in [3.05, 3.63) is 0 Å². The molecule has 0 atom stereocenters. The molecule has 1 aliphatic rings. The van der Waals surface area contributed by atoms with Crippen molar-refractivity contribution < 1.29 is 5.11 Å². The zero-order chi connectivity index (χ0) is 9.52. The molecule has 1 saturated heterocycles. The summed E-state index contributed by atoms with van der Waals surface area (Å²) in [6.07, 6.45) is 7.34. The molecule has 13 heavy (non-hydrogen) atoms. The molecule has 0 aliphatic carbocycles. The molecule has 0 saturated carbocycles. The highest BCUT2D eigenvalue weighted by Crippen LogP contribution is 2.11. The fourth-order valence-corrected chi connectivity index (χ4v) is 1.91. The van der Waals surface area contributed by atoms with Gasteiger partial charge >= 0.3 is 0 Å². The predicted octanol–water partition coefficient (Wildman–Crippen LogP) is 2.02. The predicted molar refractivity (Wildman–Crippen MR) is 55.8 cm³/mol. The monoisotopic (exact) mass is 185 g/mol. The average molecular weight is 185 g/mol. The second kappa shape index (κ2) is 6.39. The third-order valence-electron chi connectivity index (χ3n) is 2.88. The highest BCUT2D eigenvalue weighted by molar-refractivity contribution is 4.70. The molecule has 0 unspecified atom stereocenters. The molecule has 1 N–H and O–H groups in total. The Morgan fingerprint density at radius 3 is 2.46 bits per heavy atom. The largest absolute Gasteiger partial charge is 0.393 e. The van der Waals surface area contributed by atoms with E-state index in [2.05, 4.69) is 11.8 Å². The minimum absolute atomic E-state index is 0.0214. The first-order chi connectivity index (χ1) is 6.33. The zero-order valence-corrected chi connectivity index (χ0v) is 8.84. The summed E-state index contributed by atoms with van der Waals surface area (Å²) in [5.74, 6) is 0. The van der Waals surface area contributed by atoms with Gasteiger partial charge in [-0.2, -0.15) is 0 Å². The summed E-state index contributed by atoms with van der Waals surface area (Å²) in [6.45, 7) is 5.70. The lowest BCUT2D eigenvalue weighted by Crippen LogP contribution is -2.36. The van der Waals surface area contributed by atoms with Crippen LogP contribution in [0, 0.1) is 0 Å². The van der Waals surface area contributed by atoms with Gasteiger partial charge in [0.2, 0.25) is 0 Å². The third kappa shape index (κ3) is 4.63. The van der Waals surface area contributed by atoms with E-state index < -0.39 is 0 Å². The molecule has 0 aromatic carbocycles. The molecule has 0 radical (unpaired) electrons. The number of piperidine rings is 1. The number of likely N-dealkylation sites (tertiary alicyclic amines) is 1. The Kier molecular flexibility index (Phi) is 5.40. The lowest BCUT2D eigenvalue weighted by atomic mass is 10.1. The molecule has 0 aromatic heterocycles. The normalized spacial score (nSPS) is 20.8. The summed E-state index contributed by atoms with van der Waals surface area (Å²) in [6, 6.07) is 0. The van der Waals surface area contributed by atoms with E-state index in [0.29, 0.717) is 0 Å². The number of aliphatic hydroxyl groups is 1. The maximum Gasteiger partial charge on any atom is 0.0564 e. The van der Waals surface area contributed by atoms with Gasteiger partial charge in [-0.3, -0.25) is 0 Å². The van der Waals surface area contributed by atoms with Gasteiger partial charge in [-0.15, -0.1) is 0 Å². The third-order valence-corrected chi connectivity index (χ3v) is 2.88. The van der Waals surface area contributed by atoms with Gasteiger partial charge in [-0.25, -0.2) is 0 Å². The van der Waals surface area contributed by atoms with Crippen LogP contribution in [0.5, 0.6) is 0 Å². The summed E-state index contributed by atoms with van der Waals surface area (Å²) in [4.78, 5) is 2.49. The smallest absolute Gasteiger partial charge is 0.0564 e. The van der Waals surface area contributed by atoms with Gasteiger partial charge in [0.25, 0.3) is 0 Å². The van der Waals surface area contributed by atoms with E-state index in [1.54, 1.807) is 0 Å². The first-order valence-corrected chi connectivity index (χ1v) is 5.73. The molecule has 0 amide bonds. The van der Waals surface area contributed by atoms with Crippen LogP contribution in [-0.2, 0) is 0 Å². The minimum atomic E-state index is -0.0214. The first kappa shape index (κ1) is 11.0. The lowest BCUT2D eigenvalue weighted by Gasteiger charge is -2.29. The van der Waals surface area contributed by atoms with E-state index in [-0.39, 0.29) is 6.10 Å². The van der Waals surface area contributed by atoms with Crippen LogP contribution in [0.4, 0.5) is 0 Å². The number of rotatable bonds is 5. The molecular formula is C11H23NO. The Hall–Kier alpha value is -0.0800. The van der Waals surface area contributed by atoms with Crippen molar-refractivity contribution in [3.8, 4) is 0 Å². The molecule has 1 aliphatic heterocycles. The number of nitrogens with zero attached hydrogens (tertiary/aromatic N) is 1. The van der Waals surface area contributed by atoms with Gasteiger partial charge in [0, 0.05) is 13.1 Å². The molecule has 1 heterocycles. The maximum absolute atomic E-state index is 9.31. The van der Waals surface area contributed by atoms with Gasteiger partial charge in [0.1, 0.15) is 0 Å². The molecule has 0 spiro atoms. The highest BCUT2D eigenvalue weighted by Gasteiger charge is 2.15. The van der Waals surface area contributed by atoms with Crippen molar-refractivity contribution in [2.45, 2.75) is 51.6 Å². The van der Waals surface area contributed by atoms with E-state index in [9.17, 15) is 5.11 Å². The fraction of sp³-hybridized carbons (Fsp3) is 1.00. The second-order valence-electron chi connectivity index (χ2n) is 4.13. The Morgan fingerprint density at radius 1 is 1.15 bits per heavy atom. The van der Waals surface area contributed by atoms with Crippen LogP contribution in [0.3, 0.4) is 0 Å². The van der Waals surface area contributed by atoms with Crippen molar-refractivity contribution in [3.63, 3.8) is 0 Å².